The molecule has 0 aliphatic rings. The van der Waals surface area contributed by atoms with Crippen LogP contribution in [0, 0.1) is 11.3 Å². The lowest BCUT2D eigenvalue weighted by Crippen LogP contribution is -2.47. The van der Waals surface area contributed by atoms with Crippen molar-refractivity contribution in [2.75, 3.05) is 26.7 Å². The predicted octanol–water partition coefficient (Wildman–Crippen LogP) is 3.48. The third-order valence-electron chi connectivity index (χ3n) is 4.52. The summed E-state index contributed by atoms with van der Waals surface area (Å²) < 4.78 is 0. The van der Waals surface area contributed by atoms with Crippen molar-refractivity contribution in [2.24, 2.45) is 11.3 Å². The fourth-order valence-electron chi connectivity index (χ4n) is 2.27. The van der Waals surface area contributed by atoms with Crippen molar-refractivity contribution in [3.8, 4) is 0 Å². The van der Waals surface area contributed by atoms with Crippen LogP contribution in [0.5, 0.6) is 0 Å². The molecule has 1 atom stereocenters. The summed E-state index contributed by atoms with van der Waals surface area (Å²) in [7, 11) is 2.08. The fraction of sp³-hybridized carbons (Fsp3) is 0.895. The highest BCUT2D eigenvalue weighted by molar-refractivity contribution is 5.81. The predicted molar refractivity (Wildman–Crippen MR) is 99.1 cm³/mol. The van der Waals surface area contributed by atoms with Gasteiger partial charge in [-0.05, 0) is 40.7 Å². The molecule has 0 rings (SSSR count). The Balaban J connectivity index is 4.61. The van der Waals surface area contributed by atoms with Crippen LogP contribution in [0.2, 0.25) is 0 Å². The number of aliphatic carboxylic acids is 1. The molecule has 24 heavy (non-hydrogen) atoms. The summed E-state index contributed by atoms with van der Waals surface area (Å²) in [5.74, 6) is -0.899. The molecule has 0 aromatic carbocycles. The van der Waals surface area contributed by atoms with E-state index in [1.807, 2.05) is 25.7 Å². The standard InChI is InChI=1S/C19H38N2O3/c1-15(16(22)23)11-9-10-12-21(17(24)18(2,3)4)14-13-20(8)19(5,6)7/h15H,9-14H2,1-8H3,(H,22,23)/t15-/m0/s1. The average Bonchev–Trinajstić information content (AvgIpc) is 2.42. The van der Waals surface area contributed by atoms with Gasteiger partial charge in [0.05, 0.1) is 5.92 Å². The van der Waals surface area contributed by atoms with Crippen molar-refractivity contribution < 1.29 is 14.7 Å². The van der Waals surface area contributed by atoms with E-state index in [1.54, 1.807) is 6.92 Å². The molecule has 1 amide bonds. The van der Waals surface area contributed by atoms with Gasteiger partial charge >= 0.3 is 5.97 Å². The zero-order valence-electron chi connectivity index (χ0n) is 17.0. The summed E-state index contributed by atoms with van der Waals surface area (Å²) in [5.41, 5.74) is -0.317. The van der Waals surface area contributed by atoms with Crippen molar-refractivity contribution in [2.45, 2.75) is 73.3 Å². The van der Waals surface area contributed by atoms with Crippen molar-refractivity contribution in [1.82, 2.24) is 9.80 Å². The average molecular weight is 343 g/mol. The Labute approximate surface area is 148 Å². The van der Waals surface area contributed by atoms with Gasteiger partial charge in [-0.15, -0.1) is 0 Å². The van der Waals surface area contributed by atoms with E-state index in [2.05, 4.69) is 32.7 Å². The van der Waals surface area contributed by atoms with Gasteiger partial charge in [-0.3, -0.25) is 14.5 Å². The van der Waals surface area contributed by atoms with E-state index in [1.165, 1.54) is 0 Å². The summed E-state index contributed by atoms with van der Waals surface area (Å²) in [4.78, 5) is 27.7. The monoisotopic (exact) mass is 342 g/mol. The molecule has 0 aliphatic heterocycles. The van der Waals surface area contributed by atoms with Crippen LogP contribution in [0.1, 0.15) is 67.7 Å². The molecule has 0 radical (unpaired) electrons. The Morgan fingerprint density at radius 3 is 1.92 bits per heavy atom. The lowest BCUT2D eigenvalue weighted by atomic mass is 9.94. The largest absolute Gasteiger partial charge is 0.481 e. The van der Waals surface area contributed by atoms with Gasteiger partial charge in [0.2, 0.25) is 5.91 Å². The van der Waals surface area contributed by atoms with Gasteiger partial charge in [-0.2, -0.15) is 0 Å². The minimum atomic E-state index is -0.746. The number of hydrogen-bond acceptors (Lipinski definition) is 3. The van der Waals surface area contributed by atoms with Crippen molar-refractivity contribution in [1.29, 1.82) is 0 Å². The molecule has 1 N–H and O–H groups in total. The zero-order chi connectivity index (χ0) is 19.1. The number of amides is 1. The van der Waals surface area contributed by atoms with Crippen LogP contribution in [-0.2, 0) is 9.59 Å². The normalized spacial score (nSPS) is 13.9. The number of likely N-dealkylation sites (N-methyl/N-ethyl adjacent to an activating group) is 1. The van der Waals surface area contributed by atoms with E-state index in [9.17, 15) is 9.59 Å². The van der Waals surface area contributed by atoms with Gasteiger partial charge < -0.3 is 10.0 Å². The summed E-state index contributed by atoms with van der Waals surface area (Å²) >= 11 is 0. The quantitative estimate of drug-likeness (QED) is 0.652. The molecule has 0 bridgehead atoms. The van der Waals surface area contributed by atoms with Crippen LogP contribution in [0.25, 0.3) is 0 Å². The first-order valence-electron chi connectivity index (χ1n) is 9.00. The van der Waals surface area contributed by atoms with E-state index < -0.39 is 11.4 Å². The number of carbonyl (C=O) groups excluding carboxylic acids is 1. The number of unbranched alkanes of at least 4 members (excludes halogenated alkanes) is 1. The Hall–Kier alpha value is -1.10. The Morgan fingerprint density at radius 2 is 1.50 bits per heavy atom. The maximum Gasteiger partial charge on any atom is 0.306 e. The van der Waals surface area contributed by atoms with Gasteiger partial charge in [0, 0.05) is 30.6 Å². The second-order valence-electron chi connectivity index (χ2n) is 8.87. The molecular weight excluding hydrogens is 304 g/mol. The molecule has 0 aliphatic carbocycles. The molecule has 0 unspecified atom stereocenters. The molecule has 0 aromatic rings. The van der Waals surface area contributed by atoms with E-state index in [0.29, 0.717) is 19.5 Å². The minimum Gasteiger partial charge on any atom is -0.481 e. The number of nitrogens with zero attached hydrogens (tertiary/aromatic N) is 2. The van der Waals surface area contributed by atoms with Gasteiger partial charge in [0.1, 0.15) is 0 Å². The van der Waals surface area contributed by atoms with Crippen LogP contribution in [0.3, 0.4) is 0 Å². The van der Waals surface area contributed by atoms with Gasteiger partial charge in [0.25, 0.3) is 0 Å². The lowest BCUT2D eigenvalue weighted by Gasteiger charge is -2.35. The van der Waals surface area contributed by atoms with Crippen LogP contribution in [0.4, 0.5) is 0 Å². The van der Waals surface area contributed by atoms with Crippen LogP contribution in [-0.4, -0.2) is 59.0 Å². The van der Waals surface area contributed by atoms with Crippen LogP contribution >= 0.6 is 0 Å². The number of carboxylic acids is 1. The third-order valence-corrected chi connectivity index (χ3v) is 4.52. The minimum absolute atomic E-state index is 0.0768. The fourth-order valence-corrected chi connectivity index (χ4v) is 2.27. The number of carbonyl (C=O) groups is 2. The number of carboxylic acid groups (broad SMARTS) is 1. The van der Waals surface area contributed by atoms with Crippen molar-refractivity contribution >= 4 is 11.9 Å². The van der Waals surface area contributed by atoms with Crippen molar-refractivity contribution in [3.05, 3.63) is 0 Å². The van der Waals surface area contributed by atoms with Crippen LogP contribution in [0.15, 0.2) is 0 Å². The van der Waals surface area contributed by atoms with Crippen LogP contribution < -0.4 is 0 Å². The smallest absolute Gasteiger partial charge is 0.306 e. The van der Waals surface area contributed by atoms with Crippen molar-refractivity contribution in [3.63, 3.8) is 0 Å². The highest BCUT2D eigenvalue weighted by atomic mass is 16.4. The summed E-state index contributed by atoms with van der Waals surface area (Å²) in [6, 6.07) is 0. The van der Waals surface area contributed by atoms with E-state index in [-0.39, 0.29) is 17.4 Å². The maximum absolute atomic E-state index is 12.7. The summed E-state index contributed by atoms with van der Waals surface area (Å²) in [6.07, 6.45) is 2.34. The first-order chi connectivity index (χ1) is 10.8. The van der Waals surface area contributed by atoms with Gasteiger partial charge in [-0.1, -0.05) is 34.1 Å². The molecule has 0 fully saturated rings. The number of rotatable bonds is 9. The molecule has 0 aromatic heterocycles. The Bertz CT molecular complexity index is 408. The molecular formula is C19H38N2O3. The molecule has 5 heteroatoms. The topological polar surface area (TPSA) is 60.9 Å². The first kappa shape index (κ1) is 22.9. The van der Waals surface area contributed by atoms with Gasteiger partial charge in [-0.25, -0.2) is 0 Å². The van der Waals surface area contributed by atoms with E-state index in [0.717, 1.165) is 19.4 Å². The Kier molecular flexibility index (Phi) is 8.97. The lowest BCUT2D eigenvalue weighted by molar-refractivity contribution is -0.142. The second-order valence-corrected chi connectivity index (χ2v) is 8.87. The molecule has 0 saturated carbocycles. The molecule has 0 saturated heterocycles. The highest BCUT2D eigenvalue weighted by Crippen LogP contribution is 2.19. The molecule has 5 nitrogen and oxygen atoms in total. The first-order valence-corrected chi connectivity index (χ1v) is 9.00. The maximum atomic E-state index is 12.7. The molecule has 0 heterocycles. The van der Waals surface area contributed by atoms with Gasteiger partial charge in [0.15, 0.2) is 0 Å². The van der Waals surface area contributed by atoms with E-state index in [4.69, 9.17) is 5.11 Å². The highest BCUT2D eigenvalue weighted by Gasteiger charge is 2.28. The summed E-state index contributed by atoms with van der Waals surface area (Å²) in [5, 5.41) is 8.94. The SMILES string of the molecule is C[C@@H](CCCCN(CCN(C)C(C)(C)C)C(=O)C(C)(C)C)C(=O)O. The molecule has 142 valence electrons. The van der Waals surface area contributed by atoms with E-state index >= 15 is 0 Å². The Morgan fingerprint density at radius 1 is 0.958 bits per heavy atom. The second kappa shape index (κ2) is 9.40. The summed E-state index contributed by atoms with van der Waals surface area (Å²) in [6.45, 7) is 16.3. The molecule has 0 spiro atoms. The third kappa shape index (κ3) is 8.67. The zero-order valence-corrected chi connectivity index (χ0v) is 17.0. The number of hydrogen-bond donors (Lipinski definition) is 1.